The van der Waals surface area contributed by atoms with Gasteiger partial charge < -0.3 is 15.6 Å². The van der Waals surface area contributed by atoms with E-state index in [4.69, 9.17) is 15.6 Å². The Morgan fingerprint density at radius 2 is 2.27 bits per heavy atom. The van der Waals surface area contributed by atoms with Crippen LogP contribution in [0.1, 0.15) is 23.4 Å². The third-order valence-corrected chi connectivity index (χ3v) is 1.92. The van der Waals surface area contributed by atoms with Crippen LogP contribution in [0.3, 0.4) is 0 Å². The van der Waals surface area contributed by atoms with E-state index >= 15 is 0 Å². The molecule has 0 unspecified atom stereocenters. The van der Waals surface area contributed by atoms with Crippen molar-refractivity contribution in [3.05, 3.63) is 23.0 Å². The molecule has 0 fully saturated rings. The first-order chi connectivity index (χ1) is 7.13. The lowest BCUT2D eigenvalue weighted by atomic mass is 10.1. The number of ether oxygens (including phenoxy) is 1. The summed E-state index contributed by atoms with van der Waals surface area (Å²) in [5.74, 6) is -0.0790. The molecule has 84 valence electrons. The van der Waals surface area contributed by atoms with Crippen LogP contribution < -0.4 is 10.5 Å². The zero-order valence-electron chi connectivity index (χ0n) is 8.20. The van der Waals surface area contributed by atoms with Crippen LogP contribution in [0.4, 0.5) is 8.78 Å². The summed E-state index contributed by atoms with van der Waals surface area (Å²) in [5, 5.41) is 8.95. The molecule has 0 aliphatic heterocycles. The minimum Gasteiger partial charge on any atom is -0.494 e. The van der Waals surface area contributed by atoms with E-state index in [0.29, 0.717) is 5.69 Å². The van der Waals surface area contributed by atoms with Crippen molar-refractivity contribution in [1.82, 2.24) is 4.98 Å². The van der Waals surface area contributed by atoms with Crippen molar-refractivity contribution in [3.63, 3.8) is 0 Å². The molecule has 0 radical (unpaired) electrons. The smallest absolute Gasteiger partial charge is 0.267 e. The molecular weight excluding hydrogens is 206 g/mol. The highest BCUT2D eigenvalue weighted by Gasteiger charge is 2.19. The van der Waals surface area contributed by atoms with Gasteiger partial charge in [-0.1, -0.05) is 0 Å². The lowest BCUT2D eigenvalue weighted by Gasteiger charge is -2.12. The molecule has 1 rings (SSSR count). The van der Waals surface area contributed by atoms with Crippen molar-refractivity contribution in [1.29, 1.82) is 0 Å². The lowest BCUT2D eigenvalue weighted by Crippen LogP contribution is -2.07. The van der Waals surface area contributed by atoms with E-state index < -0.39 is 13.0 Å². The first-order valence-corrected chi connectivity index (χ1v) is 4.29. The summed E-state index contributed by atoms with van der Waals surface area (Å²) in [6.07, 6.45) is -2.68. The van der Waals surface area contributed by atoms with Crippen molar-refractivity contribution in [2.24, 2.45) is 5.73 Å². The Morgan fingerprint density at radius 1 is 1.60 bits per heavy atom. The molecule has 6 heteroatoms. The second-order valence-corrected chi connectivity index (χ2v) is 2.85. The van der Waals surface area contributed by atoms with Crippen LogP contribution in [-0.4, -0.2) is 17.2 Å². The van der Waals surface area contributed by atoms with E-state index in [0.717, 1.165) is 0 Å². The molecule has 0 aliphatic carbocycles. The minimum atomic E-state index is -2.68. The van der Waals surface area contributed by atoms with Gasteiger partial charge in [-0.15, -0.1) is 0 Å². The number of hydrogen-bond donors (Lipinski definition) is 2. The van der Waals surface area contributed by atoms with Crippen LogP contribution in [0.2, 0.25) is 0 Å². The summed E-state index contributed by atoms with van der Waals surface area (Å²) in [5.41, 5.74) is 5.39. The fourth-order valence-electron chi connectivity index (χ4n) is 1.28. The van der Waals surface area contributed by atoms with Crippen molar-refractivity contribution >= 4 is 0 Å². The third kappa shape index (κ3) is 2.40. The van der Waals surface area contributed by atoms with E-state index in [2.05, 4.69) is 4.98 Å². The number of pyridine rings is 1. The van der Waals surface area contributed by atoms with E-state index in [9.17, 15) is 8.78 Å². The molecule has 1 heterocycles. The molecule has 4 nitrogen and oxygen atoms in total. The van der Waals surface area contributed by atoms with E-state index in [1.165, 1.54) is 13.2 Å². The van der Waals surface area contributed by atoms with Gasteiger partial charge in [-0.3, -0.25) is 4.98 Å². The number of hydrogen-bond acceptors (Lipinski definition) is 4. The van der Waals surface area contributed by atoms with E-state index in [-0.39, 0.29) is 23.6 Å². The molecule has 0 atom stereocenters. The number of halogens is 2. The molecule has 1 aromatic heterocycles. The Kier molecular flexibility index (Phi) is 3.93. The van der Waals surface area contributed by atoms with Crippen molar-refractivity contribution in [2.75, 3.05) is 7.11 Å². The van der Waals surface area contributed by atoms with Gasteiger partial charge >= 0.3 is 0 Å². The number of aliphatic hydroxyl groups is 1. The van der Waals surface area contributed by atoms with Crippen molar-refractivity contribution < 1.29 is 18.6 Å². The maximum atomic E-state index is 12.6. The second-order valence-electron chi connectivity index (χ2n) is 2.85. The molecule has 0 saturated heterocycles. The summed E-state index contributed by atoms with van der Waals surface area (Å²) >= 11 is 0. The predicted octanol–water partition coefficient (Wildman–Crippen LogP) is 0.979. The summed E-state index contributed by atoms with van der Waals surface area (Å²) in [4.78, 5) is 3.89. The fraction of sp³-hybridized carbons (Fsp3) is 0.444. The average molecular weight is 218 g/mol. The van der Waals surface area contributed by atoms with Gasteiger partial charge in [0.15, 0.2) is 5.75 Å². The minimum absolute atomic E-state index is 0.0384. The molecule has 0 spiro atoms. The van der Waals surface area contributed by atoms with Crippen molar-refractivity contribution in [2.45, 2.75) is 19.6 Å². The Bertz CT molecular complexity index is 345. The first-order valence-electron chi connectivity index (χ1n) is 4.29. The number of methoxy groups -OCH3 is 1. The van der Waals surface area contributed by atoms with Crippen LogP contribution in [0.25, 0.3) is 0 Å². The molecular formula is C9H12F2N2O2. The lowest BCUT2D eigenvalue weighted by molar-refractivity contribution is 0.145. The van der Waals surface area contributed by atoms with Crippen molar-refractivity contribution in [3.8, 4) is 5.75 Å². The summed E-state index contributed by atoms with van der Waals surface area (Å²) in [6, 6.07) is 1.18. The molecule has 0 amide bonds. The Balaban J connectivity index is 3.32. The zero-order valence-corrected chi connectivity index (χ0v) is 8.20. The number of rotatable bonds is 4. The Morgan fingerprint density at radius 3 is 2.67 bits per heavy atom. The Hall–Kier alpha value is -1.27. The standard InChI is InChI=1S/C9H12F2N2O2/c1-15-8-6(9(10)11)2-5(3-12)13-7(8)4-14/h2,9,14H,3-4,12H2,1H3. The fourth-order valence-corrected chi connectivity index (χ4v) is 1.28. The van der Waals surface area contributed by atoms with Gasteiger partial charge in [-0.2, -0.15) is 0 Å². The molecule has 0 aromatic carbocycles. The molecule has 15 heavy (non-hydrogen) atoms. The maximum absolute atomic E-state index is 12.6. The van der Waals surface area contributed by atoms with Crippen LogP contribution >= 0.6 is 0 Å². The number of aliphatic hydroxyl groups excluding tert-OH is 1. The van der Waals surface area contributed by atoms with Gasteiger partial charge in [0.2, 0.25) is 0 Å². The molecule has 0 saturated carbocycles. The molecule has 1 aromatic rings. The highest BCUT2D eigenvalue weighted by Crippen LogP contribution is 2.31. The number of alkyl halides is 2. The van der Waals surface area contributed by atoms with Gasteiger partial charge in [-0.25, -0.2) is 8.78 Å². The van der Waals surface area contributed by atoms with Gasteiger partial charge in [0.25, 0.3) is 6.43 Å². The summed E-state index contributed by atoms with van der Waals surface area (Å²) in [6.45, 7) is -0.423. The largest absolute Gasteiger partial charge is 0.494 e. The molecule has 0 aliphatic rings. The quantitative estimate of drug-likeness (QED) is 0.790. The Labute approximate surface area is 85.7 Å². The van der Waals surface area contributed by atoms with Crippen LogP contribution in [0.5, 0.6) is 5.75 Å². The number of aromatic nitrogens is 1. The second kappa shape index (κ2) is 4.99. The number of nitrogens with two attached hydrogens (primary N) is 1. The van der Waals surface area contributed by atoms with Crippen LogP contribution in [-0.2, 0) is 13.2 Å². The van der Waals surface area contributed by atoms with Gasteiger partial charge in [0, 0.05) is 6.54 Å². The van der Waals surface area contributed by atoms with Crippen LogP contribution in [0.15, 0.2) is 6.07 Å². The van der Waals surface area contributed by atoms with Gasteiger partial charge in [0.05, 0.1) is 25.0 Å². The third-order valence-electron chi connectivity index (χ3n) is 1.92. The topological polar surface area (TPSA) is 68.4 Å². The predicted molar refractivity (Wildman–Crippen MR) is 49.6 cm³/mol. The SMILES string of the molecule is COc1c(C(F)F)cc(CN)nc1CO. The summed E-state index contributed by atoms with van der Waals surface area (Å²) < 4.78 is 30.0. The van der Waals surface area contributed by atoms with E-state index in [1.54, 1.807) is 0 Å². The average Bonchev–Trinajstić information content (AvgIpc) is 2.26. The first kappa shape index (κ1) is 11.8. The molecule has 3 N–H and O–H groups in total. The van der Waals surface area contributed by atoms with Crippen LogP contribution in [0, 0.1) is 0 Å². The highest BCUT2D eigenvalue weighted by atomic mass is 19.3. The number of nitrogens with zero attached hydrogens (tertiary/aromatic N) is 1. The van der Waals surface area contributed by atoms with E-state index in [1.807, 2.05) is 0 Å². The zero-order chi connectivity index (χ0) is 11.4. The highest BCUT2D eigenvalue weighted by molar-refractivity contribution is 5.39. The summed E-state index contributed by atoms with van der Waals surface area (Å²) in [7, 11) is 1.25. The molecule has 0 bridgehead atoms. The normalized spacial score (nSPS) is 10.8. The monoisotopic (exact) mass is 218 g/mol. The maximum Gasteiger partial charge on any atom is 0.267 e. The van der Waals surface area contributed by atoms with Gasteiger partial charge in [-0.05, 0) is 6.07 Å². The van der Waals surface area contributed by atoms with Gasteiger partial charge in [0.1, 0.15) is 5.69 Å².